The van der Waals surface area contributed by atoms with E-state index in [9.17, 15) is 13.2 Å². The van der Waals surface area contributed by atoms with E-state index in [0.717, 1.165) is 4.88 Å². The first kappa shape index (κ1) is 17.4. The molecule has 0 aliphatic carbocycles. The molecule has 3 rings (SSSR count). The van der Waals surface area contributed by atoms with Crippen LogP contribution in [0.3, 0.4) is 0 Å². The van der Waals surface area contributed by atoms with E-state index >= 15 is 0 Å². The Labute approximate surface area is 148 Å². The molecule has 0 radical (unpaired) electrons. The Morgan fingerprint density at radius 1 is 1.50 bits per heavy atom. The van der Waals surface area contributed by atoms with Crippen LogP contribution in [0.15, 0.2) is 27.2 Å². The summed E-state index contributed by atoms with van der Waals surface area (Å²) in [5.74, 6) is 0.473. The first-order valence-corrected chi connectivity index (χ1v) is 10.9. The third-order valence-electron chi connectivity index (χ3n) is 3.87. The Kier molecular flexibility index (Phi) is 4.97. The molecule has 0 aromatic carbocycles. The molecule has 24 heavy (non-hydrogen) atoms. The van der Waals surface area contributed by atoms with Crippen molar-refractivity contribution in [2.75, 3.05) is 18.6 Å². The van der Waals surface area contributed by atoms with Gasteiger partial charge in [0.05, 0.1) is 21.6 Å². The zero-order chi connectivity index (χ0) is 17.3. The smallest absolute Gasteiger partial charge is 0.277 e. The Bertz CT molecular complexity index is 816. The van der Waals surface area contributed by atoms with E-state index in [1.165, 1.54) is 28.0 Å². The third kappa shape index (κ3) is 3.81. The van der Waals surface area contributed by atoms with Crippen molar-refractivity contribution >= 4 is 38.8 Å². The van der Waals surface area contributed by atoms with Gasteiger partial charge in [-0.2, -0.15) is 0 Å². The molecule has 2 atom stereocenters. The van der Waals surface area contributed by atoms with Crippen LogP contribution >= 0.6 is 23.1 Å². The Morgan fingerprint density at radius 3 is 2.92 bits per heavy atom. The molecule has 0 saturated carbocycles. The topological polar surface area (TPSA) is 93.4 Å². The Morgan fingerprint density at radius 2 is 2.29 bits per heavy atom. The second-order valence-corrected chi connectivity index (χ2v) is 10.1. The summed E-state index contributed by atoms with van der Waals surface area (Å²) in [6.45, 7) is 1.75. The van der Waals surface area contributed by atoms with Crippen LogP contribution in [0.4, 0.5) is 0 Å². The van der Waals surface area contributed by atoms with Crippen molar-refractivity contribution in [1.82, 2.24) is 15.1 Å². The minimum absolute atomic E-state index is 0.0374. The summed E-state index contributed by atoms with van der Waals surface area (Å²) in [6, 6.07) is 3.53. The lowest BCUT2D eigenvalue weighted by Crippen LogP contribution is -2.41. The number of thioether (sulfide) groups is 1. The van der Waals surface area contributed by atoms with E-state index in [1.54, 1.807) is 14.0 Å². The van der Waals surface area contributed by atoms with Crippen molar-refractivity contribution in [1.29, 1.82) is 0 Å². The number of rotatable bonds is 5. The first-order chi connectivity index (χ1) is 11.4. The van der Waals surface area contributed by atoms with Crippen LogP contribution in [0, 0.1) is 0 Å². The van der Waals surface area contributed by atoms with E-state index in [2.05, 4.69) is 10.2 Å². The molecule has 0 spiro atoms. The summed E-state index contributed by atoms with van der Waals surface area (Å²) in [6.07, 6.45) is 0.491. The monoisotopic (exact) mass is 387 g/mol. The molecule has 2 aromatic heterocycles. The molecule has 3 heterocycles. The molecule has 130 valence electrons. The predicted molar refractivity (Wildman–Crippen MR) is 92.8 cm³/mol. The number of sulfone groups is 1. The van der Waals surface area contributed by atoms with Crippen LogP contribution < -0.4 is 0 Å². The maximum atomic E-state index is 12.5. The minimum atomic E-state index is -3.02. The molecule has 10 heteroatoms. The van der Waals surface area contributed by atoms with Gasteiger partial charge in [-0.25, -0.2) is 8.42 Å². The van der Waals surface area contributed by atoms with Crippen LogP contribution in [0.25, 0.3) is 10.8 Å². The van der Waals surface area contributed by atoms with Crippen molar-refractivity contribution in [2.45, 2.75) is 29.9 Å². The van der Waals surface area contributed by atoms with Gasteiger partial charge in [0.25, 0.3) is 11.1 Å². The number of carbonyl (C=O) groups excluding carboxylic acids is 1. The van der Waals surface area contributed by atoms with E-state index in [1.807, 2.05) is 17.5 Å². The summed E-state index contributed by atoms with van der Waals surface area (Å²) in [4.78, 5) is 14.9. The third-order valence-corrected chi connectivity index (χ3v) is 7.40. The fourth-order valence-corrected chi connectivity index (χ4v) is 5.71. The number of aromatic nitrogens is 2. The zero-order valence-electron chi connectivity index (χ0n) is 13.2. The van der Waals surface area contributed by atoms with Crippen LogP contribution in [-0.2, 0) is 14.6 Å². The maximum Gasteiger partial charge on any atom is 0.277 e. The van der Waals surface area contributed by atoms with Gasteiger partial charge in [-0.15, -0.1) is 21.5 Å². The molecule has 1 amide bonds. The number of nitrogens with zero attached hydrogens (tertiary/aromatic N) is 3. The van der Waals surface area contributed by atoms with Crippen LogP contribution in [0.2, 0.25) is 0 Å². The van der Waals surface area contributed by atoms with Crippen molar-refractivity contribution < 1.29 is 17.6 Å². The van der Waals surface area contributed by atoms with Crippen LogP contribution in [0.5, 0.6) is 0 Å². The average molecular weight is 388 g/mol. The first-order valence-electron chi connectivity index (χ1n) is 7.37. The molecule has 2 aromatic rings. The molecular weight excluding hydrogens is 370 g/mol. The highest BCUT2D eigenvalue weighted by molar-refractivity contribution is 8.00. The van der Waals surface area contributed by atoms with E-state index in [4.69, 9.17) is 4.42 Å². The fraction of sp³-hybridized carbons (Fsp3) is 0.500. The SMILES string of the molecule is C[C@@H](Sc1nnc(-c2cccs2)o1)C(=O)N(C)[C@H]1CCS(=O)(=O)C1. The average Bonchev–Trinajstić information content (AvgIpc) is 3.25. The van der Waals surface area contributed by atoms with Crippen molar-refractivity contribution in [3.8, 4) is 10.8 Å². The molecular formula is C14H17N3O4S3. The van der Waals surface area contributed by atoms with Gasteiger partial charge in [-0.1, -0.05) is 17.8 Å². The van der Waals surface area contributed by atoms with Crippen LogP contribution in [0.1, 0.15) is 13.3 Å². The molecule has 1 aliphatic heterocycles. The molecule has 7 nitrogen and oxygen atoms in total. The van der Waals surface area contributed by atoms with Crippen molar-refractivity contribution in [3.63, 3.8) is 0 Å². The molecule has 1 saturated heterocycles. The number of thiophene rings is 1. The second kappa shape index (κ2) is 6.85. The number of hydrogen-bond donors (Lipinski definition) is 0. The molecule has 1 fully saturated rings. The summed E-state index contributed by atoms with van der Waals surface area (Å²) in [5, 5.41) is 9.75. The van der Waals surface area contributed by atoms with Gasteiger partial charge in [0.15, 0.2) is 9.84 Å². The quantitative estimate of drug-likeness (QED) is 0.724. The summed E-state index contributed by atoms with van der Waals surface area (Å²) in [5.41, 5.74) is 0. The molecule has 0 N–H and O–H groups in total. The van der Waals surface area contributed by atoms with Crippen LogP contribution in [-0.4, -0.2) is 59.3 Å². The van der Waals surface area contributed by atoms with Gasteiger partial charge in [-0.05, 0) is 24.8 Å². The maximum absolute atomic E-state index is 12.5. The summed E-state index contributed by atoms with van der Waals surface area (Å²) in [7, 11) is -1.37. The highest BCUT2D eigenvalue weighted by atomic mass is 32.2. The highest BCUT2D eigenvalue weighted by Crippen LogP contribution is 2.29. The zero-order valence-corrected chi connectivity index (χ0v) is 15.7. The summed E-state index contributed by atoms with van der Waals surface area (Å²) < 4.78 is 28.7. The van der Waals surface area contributed by atoms with Gasteiger partial charge in [0, 0.05) is 13.1 Å². The van der Waals surface area contributed by atoms with Gasteiger partial charge in [0.1, 0.15) is 0 Å². The second-order valence-electron chi connectivity index (χ2n) is 5.62. The van der Waals surface area contributed by atoms with E-state index < -0.39 is 15.1 Å². The minimum Gasteiger partial charge on any atom is -0.410 e. The van der Waals surface area contributed by atoms with E-state index in [0.29, 0.717) is 17.5 Å². The van der Waals surface area contributed by atoms with E-state index in [-0.39, 0.29) is 23.5 Å². The van der Waals surface area contributed by atoms with Gasteiger partial charge < -0.3 is 9.32 Å². The van der Waals surface area contributed by atoms with Gasteiger partial charge in [0.2, 0.25) is 5.91 Å². The molecule has 1 aliphatic rings. The predicted octanol–water partition coefficient (Wildman–Crippen LogP) is 1.92. The summed E-state index contributed by atoms with van der Waals surface area (Å²) >= 11 is 2.68. The number of hydrogen-bond acceptors (Lipinski definition) is 8. The van der Waals surface area contributed by atoms with Crippen molar-refractivity contribution in [3.05, 3.63) is 17.5 Å². The Balaban J connectivity index is 1.62. The standard InChI is InChI=1S/C14H17N3O4S3/c1-9(13(18)17(2)10-5-7-24(19,20)8-10)23-14-16-15-12(21-14)11-4-3-6-22-11/h3-4,6,9-10H,5,7-8H2,1-2H3/t9-,10+/m1/s1. The normalized spacial score (nSPS) is 20.8. The highest BCUT2D eigenvalue weighted by Gasteiger charge is 2.34. The Hall–Kier alpha value is -1.39. The van der Waals surface area contributed by atoms with Gasteiger partial charge in [-0.3, -0.25) is 4.79 Å². The molecule has 0 unspecified atom stereocenters. The number of amides is 1. The lowest BCUT2D eigenvalue weighted by Gasteiger charge is -2.25. The molecule has 0 bridgehead atoms. The van der Waals surface area contributed by atoms with Crippen molar-refractivity contribution in [2.24, 2.45) is 0 Å². The number of carbonyl (C=O) groups is 1. The lowest BCUT2D eigenvalue weighted by molar-refractivity contribution is -0.130. The lowest BCUT2D eigenvalue weighted by atomic mass is 10.2. The largest absolute Gasteiger partial charge is 0.410 e. The fourth-order valence-electron chi connectivity index (χ4n) is 2.51. The van der Waals surface area contributed by atoms with Gasteiger partial charge >= 0.3 is 0 Å².